The summed E-state index contributed by atoms with van der Waals surface area (Å²) in [6.45, 7) is -2.81. The van der Waals surface area contributed by atoms with Gasteiger partial charge in [-0.1, -0.05) is 18.2 Å². The number of alkyl halides is 2. The molecule has 2 fully saturated rings. The number of rotatable bonds is 6. The molecular weight excluding hydrogens is 382 g/mol. The van der Waals surface area contributed by atoms with Gasteiger partial charge in [0.05, 0.1) is 17.4 Å². The fourth-order valence-corrected chi connectivity index (χ4v) is 5.20. The van der Waals surface area contributed by atoms with E-state index in [-0.39, 0.29) is 54.6 Å². The van der Waals surface area contributed by atoms with Crippen molar-refractivity contribution in [2.24, 2.45) is 5.92 Å². The molecule has 0 aliphatic carbocycles. The van der Waals surface area contributed by atoms with Crippen LogP contribution < -0.4 is 10.1 Å². The Bertz CT molecular complexity index is 830. The van der Waals surface area contributed by atoms with E-state index in [4.69, 9.17) is 0 Å². The predicted octanol–water partition coefficient (Wildman–Crippen LogP) is 0.940. The highest BCUT2D eigenvalue weighted by atomic mass is 32.2. The summed E-state index contributed by atoms with van der Waals surface area (Å²) < 4.78 is 52.5. The second kappa shape index (κ2) is 7.79. The summed E-state index contributed by atoms with van der Waals surface area (Å²) in [6, 6.07) is 5.76. The van der Waals surface area contributed by atoms with Crippen molar-refractivity contribution in [1.29, 1.82) is 0 Å². The van der Waals surface area contributed by atoms with E-state index in [1.165, 1.54) is 11.0 Å². The molecule has 0 unspecified atom stereocenters. The van der Waals surface area contributed by atoms with Crippen molar-refractivity contribution in [3.05, 3.63) is 29.8 Å². The molecule has 3 rings (SSSR count). The molecule has 1 aromatic carbocycles. The third-order valence-corrected chi connectivity index (χ3v) is 6.57. The zero-order valence-electron chi connectivity index (χ0n) is 14.4. The number of carbonyl (C=O) groups excluding carboxylic acids is 2. The molecule has 148 valence electrons. The Morgan fingerprint density at radius 2 is 2.07 bits per heavy atom. The van der Waals surface area contributed by atoms with Crippen LogP contribution in [0.1, 0.15) is 18.4 Å². The quantitative estimate of drug-likeness (QED) is 0.765. The molecule has 0 bridgehead atoms. The summed E-state index contributed by atoms with van der Waals surface area (Å²) in [6.07, 6.45) is 0.401. The Morgan fingerprint density at radius 3 is 2.74 bits per heavy atom. The van der Waals surface area contributed by atoms with Crippen LogP contribution in [-0.2, 0) is 26.0 Å². The van der Waals surface area contributed by atoms with Gasteiger partial charge in [0.1, 0.15) is 5.75 Å². The molecule has 2 heterocycles. The molecular formula is C17H20F2N2O5S. The predicted molar refractivity (Wildman–Crippen MR) is 91.8 cm³/mol. The number of para-hydroxylation sites is 1. The van der Waals surface area contributed by atoms with Crippen LogP contribution in [0.2, 0.25) is 0 Å². The van der Waals surface area contributed by atoms with Crippen molar-refractivity contribution in [3.63, 3.8) is 0 Å². The SMILES string of the molecule is O=C(NCc1ccccc1OC(F)F)[C@@H]1CC(=O)N([C@H]2CCS(=O)(=O)C2)C1. The lowest BCUT2D eigenvalue weighted by atomic mass is 10.1. The summed E-state index contributed by atoms with van der Waals surface area (Å²) in [5.74, 6) is -1.24. The first kappa shape index (κ1) is 19.5. The van der Waals surface area contributed by atoms with Crippen molar-refractivity contribution >= 4 is 21.7 Å². The van der Waals surface area contributed by atoms with Crippen molar-refractivity contribution in [2.45, 2.75) is 32.0 Å². The van der Waals surface area contributed by atoms with Crippen LogP contribution >= 0.6 is 0 Å². The normalized spacial score (nSPS) is 24.4. The number of nitrogens with zero attached hydrogens (tertiary/aromatic N) is 1. The highest BCUT2D eigenvalue weighted by Crippen LogP contribution is 2.26. The number of ether oxygens (including phenoxy) is 1. The lowest BCUT2D eigenvalue weighted by Crippen LogP contribution is -2.39. The lowest BCUT2D eigenvalue weighted by molar-refractivity contribution is -0.130. The average molecular weight is 402 g/mol. The second-order valence-electron chi connectivity index (χ2n) is 6.71. The minimum Gasteiger partial charge on any atom is -0.434 e. The second-order valence-corrected chi connectivity index (χ2v) is 8.94. The third-order valence-electron chi connectivity index (χ3n) is 4.82. The number of likely N-dealkylation sites (tertiary alicyclic amines) is 1. The molecule has 2 saturated heterocycles. The van der Waals surface area contributed by atoms with Crippen molar-refractivity contribution in [3.8, 4) is 5.75 Å². The van der Waals surface area contributed by atoms with Crippen LogP contribution in [0.25, 0.3) is 0 Å². The maximum absolute atomic E-state index is 12.4. The summed E-state index contributed by atoms with van der Waals surface area (Å²) >= 11 is 0. The molecule has 0 aromatic heterocycles. The van der Waals surface area contributed by atoms with Gasteiger partial charge < -0.3 is 15.0 Å². The number of carbonyl (C=O) groups is 2. The topological polar surface area (TPSA) is 92.8 Å². The van der Waals surface area contributed by atoms with Gasteiger partial charge in [-0.15, -0.1) is 0 Å². The number of benzene rings is 1. The first-order valence-electron chi connectivity index (χ1n) is 8.55. The molecule has 0 saturated carbocycles. The van der Waals surface area contributed by atoms with Crippen LogP contribution in [0.15, 0.2) is 24.3 Å². The number of hydrogen-bond acceptors (Lipinski definition) is 5. The van der Waals surface area contributed by atoms with Crippen molar-refractivity contribution in [1.82, 2.24) is 10.2 Å². The first-order chi connectivity index (χ1) is 12.7. The molecule has 0 radical (unpaired) electrons. The van der Waals surface area contributed by atoms with Gasteiger partial charge in [0.15, 0.2) is 9.84 Å². The summed E-state index contributed by atoms with van der Waals surface area (Å²) in [4.78, 5) is 26.0. The molecule has 2 aliphatic heterocycles. The van der Waals surface area contributed by atoms with Crippen LogP contribution in [0.3, 0.4) is 0 Å². The number of halogens is 2. The van der Waals surface area contributed by atoms with Gasteiger partial charge in [-0.25, -0.2) is 8.42 Å². The first-order valence-corrected chi connectivity index (χ1v) is 10.4. The van der Waals surface area contributed by atoms with Crippen LogP contribution in [-0.4, -0.2) is 55.8 Å². The van der Waals surface area contributed by atoms with Gasteiger partial charge in [0, 0.05) is 31.1 Å². The fourth-order valence-electron chi connectivity index (χ4n) is 3.47. The van der Waals surface area contributed by atoms with Gasteiger partial charge >= 0.3 is 6.61 Å². The van der Waals surface area contributed by atoms with Gasteiger partial charge in [-0.3, -0.25) is 9.59 Å². The third kappa shape index (κ3) is 4.74. The lowest BCUT2D eigenvalue weighted by Gasteiger charge is -2.23. The van der Waals surface area contributed by atoms with Crippen molar-refractivity contribution in [2.75, 3.05) is 18.1 Å². The Kier molecular flexibility index (Phi) is 5.64. The van der Waals surface area contributed by atoms with E-state index in [1.54, 1.807) is 18.2 Å². The molecule has 10 heteroatoms. The van der Waals surface area contributed by atoms with Crippen LogP contribution in [0.4, 0.5) is 8.78 Å². The largest absolute Gasteiger partial charge is 0.434 e. The van der Waals surface area contributed by atoms with E-state index in [0.717, 1.165) is 0 Å². The van der Waals surface area contributed by atoms with E-state index < -0.39 is 22.4 Å². The smallest absolute Gasteiger partial charge is 0.387 e. The Hall–Kier alpha value is -2.23. The molecule has 2 amide bonds. The average Bonchev–Trinajstić information content (AvgIpc) is 3.15. The van der Waals surface area contributed by atoms with E-state index in [1.807, 2.05) is 0 Å². The van der Waals surface area contributed by atoms with Crippen molar-refractivity contribution < 1.29 is 31.5 Å². The molecule has 2 atom stereocenters. The Morgan fingerprint density at radius 1 is 1.33 bits per heavy atom. The van der Waals surface area contributed by atoms with Gasteiger partial charge in [-0.2, -0.15) is 8.78 Å². The summed E-state index contributed by atoms with van der Waals surface area (Å²) in [5.41, 5.74) is 0.397. The fraction of sp³-hybridized carbons (Fsp3) is 0.529. The molecule has 1 aromatic rings. The van der Waals surface area contributed by atoms with Gasteiger partial charge in [-0.05, 0) is 12.5 Å². The number of amides is 2. The minimum atomic E-state index is -3.12. The van der Waals surface area contributed by atoms with E-state index >= 15 is 0 Å². The monoisotopic (exact) mass is 402 g/mol. The molecule has 27 heavy (non-hydrogen) atoms. The van der Waals surface area contributed by atoms with Crippen LogP contribution in [0.5, 0.6) is 5.75 Å². The van der Waals surface area contributed by atoms with E-state index in [2.05, 4.69) is 10.1 Å². The zero-order chi connectivity index (χ0) is 19.6. The molecule has 1 N–H and O–H groups in total. The molecule has 2 aliphatic rings. The van der Waals surface area contributed by atoms with E-state index in [0.29, 0.717) is 12.0 Å². The Balaban J connectivity index is 1.57. The summed E-state index contributed by atoms with van der Waals surface area (Å²) in [5, 5.41) is 2.64. The number of hydrogen-bond donors (Lipinski definition) is 1. The van der Waals surface area contributed by atoms with Gasteiger partial charge in [0.25, 0.3) is 0 Å². The molecule has 7 nitrogen and oxygen atoms in total. The molecule has 0 spiro atoms. The minimum absolute atomic E-state index is 0.00970. The highest BCUT2D eigenvalue weighted by molar-refractivity contribution is 7.91. The maximum atomic E-state index is 12.4. The Labute approximate surface area is 155 Å². The van der Waals surface area contributed by atoms with E-state index in [9.17, 15) is 26.8 Å². The summed E-state index contributed by atoms with van der Waals surface area (Å²) in [7, 11) is -3.12. The number of nitrogens with one attached hydrogen (secondary N) is 1. The highest BCUT2D eigenvalue weighted by Gasteiger charge is 2.41. The van der Waals surface area contributed by atoms with Crippen LogP contribution in [0, 0.1) is 5.92 Å². The zero-order valence-corrected chi connectivity index (χ0v) is 15.3. The number of sulfone groups is 1. The standard InChI is InChI=1S/C17H20F2N2O5S/c18-17(19)26-14-4-2-1-3-11(14)8-20-16(23)12-7-15(22)21(9-12)13-5-6-27(24,25)10-13/h1-4,12-13,17H,5-10H2,(H,20,23)/t12-,13+/m1/s1. The van der Waals surface area contributed by atoms with Gasteiger partial charge in [0.2, 0.25) is 11.8 Å². The maximum Gasteiger partial charge on any atom is 0.387 e.